The van der Waals surface area contributed by atoms with Crippen molar-refractivity contribution in [2.24, 2.45) is 0 Å². The average molecular weight is 563 g/mol. The van der Waals surface area contributed by atoms with E-state index in [2.05, 4.69) is 9.80 Å². The molecule has 5 rings (SSSR count). The lowest BCUT2D eigenvalue weighted by molar-refractivity contribution is -0.0279. The molecular weight excluding hydrogens is 527 g/mol. The zero-order chi connectivity index (χ0) is 28.1. The molecule has 1 amide bonds. The normalized spacial score (nSPS) is 21.5. The van der Waals surface area contributed by atoms with E-state index in [1.807, 2.05) is 34.6 Å². The van der Waals surface area contributed by atoms with Crippen molar-refractivity contribution in [3.05, 3.63) is 34.6 Å². The highest BCUT2D eigenvalue weighted by atomic mass is 35.5. The van der Waals surface area contributed by atoms with Crippen LogP contribution in [0.5, 0.6) is 11.5 Å². The fraction of sp³-hybridized carbons (Fsp3) is 0.571. The number of pyridine rings is 1. The van der Waals surface area contributed by atoms with Gasteiger partial charge in [-0.2, -0.15) is 0 Å². The van der Waals surface area contributed by atoms with E-state index < -0.39 is 17.0 Å². The van der Waals surface area contributed by atoms with Crippen LogP contribution >= 0.6 is 11.6 Å². The lowest BCUT2D eigenvalue weighted by Crippen LogP contribution is -2.56. The molecule has 1 atom stereocenters. The van der Waals surface area contributed by atoms with Crippen LogP contribution in [0.25, 0.3) is 11.3 Å². The predicted molar refractivity (Wildman–Crippen MR) is 146 cm³/mol. The number of halogens is 2. The van der Waals surface area contributed by atoms with Gasteiger partial charge in [-0.15, -0.1) is 0 Å². The summed E-state index contributed by atoms with van der Waals surface area (Å²) < 4.78 is 32.9. The Morgan fingerprint density at radius 1 is 1.26 bits per heavy atom. The molecule has 0 bridgehead atoms. The number of hydrogen-bond acceptors (Lipinski definition) is 8. The second kappa shape index (κ2) is 10.3. The van der Waals surface area contributed by atoms with E-state index in [1.165, 1.54) is 18.2 Å². The van der Waals surface area contributed by atoms with E-state index in [9.17, 15) is 9.90 Å². The van der Waals surface area contributed by atoms with Gasteiger partial charge in [-0.05, 0) is 46.8 Å². The van der Waals surface area contributed by atoms with Crippen molar-refractivity contribution in [3.63, 3.8) is 0 Å². The van der Waals surface area contributed by atoms with E-state index >= 15 is 4.39 Å². The molecule has 39 heavy (non-hydrogen) atoms. The fourth-order valence-corrected chi connectivity index (χ4v) is 5.67. The van der Waals surface area contributed by atoms with Crippen LogP contribution in [-0.2, 0) is 16.0 Å². The molecule has 11 heteroatoms. The number of carbonyl (C=O) groups excluding carboxylic acids is 1. The zero-order valence-corrected chi connectivity index (χ0v) is 23.8. The largest absolute Gasteiger partial charge is 0.507 e. The highest BCUT2D eigenvalue weighted by Crippen LogP contribution is 2.46. The van der Waals surface area contributed by atoms with E-state index in [1.54, 1.807) is 4.90 Å². The van der Waals surface area contributed by atoms with Crippen LogP contribution in [0.2, 0.25) is 5.02 Å². The lowest BCUT2D eigenvalue weighted by atomic mass is 10.0. The molecule has 1 N–H and O–H groups in total. The minimum atomic E-state index is -0.628. The summed E-state index contributed by atoms with van der Waals surface area (Å²) in [5, 5.41) is 10.7. The summed E-state index contributed by atoms with van der Waals surface area (Å²) in [4.78, 5) is 23.7. The molecule has 2 aromatic rings. The second-order valence-electron chi connectivity index (χ2n) is 11.9. The molecule has 9 nitrogen and oxygen atoms in total. The molecule has 212 valence electrons. The van der Waals surface area contributed by atoms with Crippen molar-refractivity contribution in [3.8, 4) is 22.8 Å². The van der Waals surface area contributed by atoms with Gasteiger partial charge in [0.1, 0.15) is 46.1 Å². The summed E-state index contributed by atoms with van der Waals surface area (Å²) in [7, 11) is 0. The van der Waals surface area contributed by atoms with Gasteiger partial charge in [0, 0.05) is 39.3 Å². The minimum Gasteiger partial charge on any atom is -0.507 e. The minimum absolute atomic E-state index is 0.0688. The number of benzene rings is 1. The standard InChI is InChI=1S/C28H36ClFN4O5/c1-27(2,3)39-26(36)33-10-9-32-14-18-24(37-15-17(32)13-33)22(29)23(21-19(30)7-6-8-20(21)35)31-25(18)34-11-12-38-28(4,5)16-34/h6-8,17,35H,9-16H2,1-5H3/t17-/m1/s1. The number of phenols is 1. The number of aromatic hydroxyl groups is 1. The number of fused-ring (bicyclic) bond motifs is 2. The number of phenolic OH excluding ortho intramolecular Hbond substituents is 1. The number of morpholine rings is 1. The van der Waals surface area contributed by atoms with E-state index in [0.717, 1.165) is 5.56 Å². The highest BCUT2D eigenvalue weighted by Gasteiger charge is 2.39. The molecule has 0 radical (unpaired) electrons. The molecular formula is C28H36ClFN4O5. The summed E-state index contributed by atoms with van der Waals surface area (Å²) in [6.45, 7) is 13.6. The first-order valence-corrected chi connectivity index (χ1v) is 13.6. The molecule has 2 saturated heterocycles. The van der Waals surface area contributed by atoms with Gasteiger partial charge in [0.25, 0.3) is 0 Å². The number of ether oxygens (including phenoxy) is 3. The molecule has 3 aliphatic rings. The van der Waals surface area contributed by atoms with Crippen molar-refractivity contribution < 1.29 is 28.5 Å². The Bertz CT molecular complexity index is 1250. The topological polar surface area (TPSA) is 87.6 Å². The van der Waals surface area contributed by atoms with Gasteiger partial charge in [-0.1, -0.05) is 17.7 Å². The fourth-order valence-electron chi connectivity index (χ4n) is 5.36. The van der Waals surface area contributed by atoms with Crippen LogP contribution in [-0.4, -0.2) is 89.2 Å². The molecule has 1 aromatic carbocycles. The van der Waals surface area contributed by atoms with Crippen LogP contribution in [0.3, 0.4) is 0 Å². The summed E-state index contributed by atoms with van der Waals surface area (Å²) in [6.07, 6.45) is -0.350. The number of nitrogens with zero attached hydrogens (tertiary/aromatic N) is 4. The predicted octanol–water partition coefficient (Wildman–Crippen LogP) is 4.68. The molecule has 2 fully saturated rings. The molecule has 1 aromatic heterocycles. The van der Waals surface area contributed by atoms with E-state index in [0.29, 0.717) is 57.4 Å². The molecule has 0 aliphatic carbocycles. The average Bonchev–Trinajstić information content (AvgIpc) is 3.03. The van der Waals surface area contributed by atoms with E-state index in [4.69, 9.17) is 30.8 Å². The molecule has 0 saturated carbocycles. The summed E-state index contributed by atoms with van der Waals surface area (Å²) in [6, 6.07) is 4.00. The third-order valence-corrected chi connectivity index (χ3v) is 7.51. The van der Waals surface area contributed by atoms with Crippen molar-refractivity contribution >= 4 is 23.5 Å². The Balaban J connectivity index is 1.54. The number of anilines is 1. The SMILES string of the molecule is CC(C)(C)OC(=O)N1CCN2Cc3c(N4CCOC(C)(C)C4)nc(-c4c(O)cccc4F)c(Cl)c3OC[C@H]2C1. The van der Waals surface area contributed by atoms with Crippen LogP contribution in [0.15, 0.2) is 18.2 Å². The van der Waals surface area contributed by atoms with Gasteiger partial charge in [-0.3, -0.25) is 4.90 Å². The van der Waals surface area contributed by atoms with Crippen LogP contribution in [0, 0.1) is 5.82 Å². The van der Waals surface area contributed by atoms with E-state index in [-0.39, 0.29) is 40.8 Å². The number of hydrogen-bond donors (Lipinski definition) is 1. The molecule has 0 unspecified atom stereocenters. The maximum Gasteiger partial charge on any atom is 0.410 e. The third kappa shape index (κ3) is 5.73. The quantitative estimate of drug-likeness (QED) is 0.565. The number of piperazine rings is 1. The summed E-state index contributed by atoms with van der Waals surface area (Å²) in [5.74, 6) is 0.161. The van der Waals surface area contributed by atoms with Gasteiger partial charge in [0.15, 0.2) is 0 Å². The summed E-state index contributed by atoms with van der Waals surface area (Å²) in [5.41, 5.74) is -0.147. The molecule has 3 aliphatic heterocycles. The number of rotatable bonds is 2. The van der Waals surface area contributed by atoms with Crippen molar-refractivity contribution in [2.75, 3.05) is 50.8 Å². The van der Waals surface area contributed by atoms with Gasteiger partial charge in [0.05, 0.1) is 29.4 Å². The first-order valence-electron chi connectivity index (χ1n) is 13.3. The van der Waals surface area contributed by atoms with Gasteiger partial charge < -0.3 is 29.1 Å². The van der Waals surface area contributed by atoms with Crippen LogP contribution in [0.4, 0.5) is 15.0 Å². The van der Waals surface area contributed by atoms with Gasteiger partial charge >= 0.3 is 6.09 Å². The number of amides is 1. The van der Waals surface area contributed by atoms with Crippen molar-refractivity contribution in [1.82, 2.24) is 14.8 Å². The lowest BCUT2D eigenvalue weighted by Gasteiger charge is -2.41. The highest BCUT2D eigenvalue weighted by molar-refractivity contribution is 6.35. The number of carbonyl (C=O) groups is 1. The smallest absolute Gasteiger partial charge is 0.410 e. The summed E-state index contributed by atoms with van der Waals surface area (Å²) >= 11 is 6.88. The second-order valence-corrected chi connectivity index (χ2v) is 12.3. The first kappa shape index (κ1) is 27.7. The molecule has 4 heterocycles. The maximum atomic E-state index is 15.0. The Hall–Kier alpha value is -2.82. The Labute approximate surface area is 233 Å². The Kier molecular flexibility index (Phi) is 7.32. The monoisotopic (exact) mass is 562 g/mol. The van der Waals surface area contributed by atoms with Crippen molar-refractivity contribution in [1.29, 1.82) is 0 Å². The van der Waals surface area contributed by atoms with Crippen LogP contribution < -0.4 is 9.64 Å². The Morgan fingerprint density at radius 3 is 2.72 bits per heavy atom. The van der Waals surface area contributed by atoms with Gasteiger partial charge in [0.2, 0.25) is 0 Å². The third-order valence-electron chi connectivity index (χ3n) is 7.16. The van der Waals surface area contributed by atoms with Gasteiger partial charge in [-0.25, -0.2) is 14.2 Å². The molecule has 0 spiro atoms. The first-order chi connectivity index (χ1) is 18.3. The van der Waals surface area contributed by atoms with Crippen LogP contribution in [0.1, 0.15) is 40.2 Å². The van der Waals surface area contributed by atoms with Crippen molar-refractivity contribution in [2.45, 2.75) is 58.4 Å². The zero-order valence-electron chi connectivity index (χ0n) is 23.1. The maximum absolute atomic E-state index is 15.0. The Morgan fingerprint density at radius 2 is 2.03 bits per heavy atom. The number of aromatic nitrogens is 1.